The minimum absolute atomic E-state index is 0. The first-order valence-corrected chi connectivity index (χ1v) is 11.7. The molecule has 0 aromatic heterocycles. The SMILES string of the molecule is CCNC(=NCCC(CC)N1CCCC1=O)NC1CC(C)N(Cc2ccccc2)C1.I. The van der Waals surface area contributed by atoms with Crippen LogP contribution in [0.4, 0.5) is 0 Å². The molecule has 174 valence electrons. The highest BCUT2D eigenvalue weighted by Gasteiger charge is 2.30. The summed E-state index contributed by atoms with van der Waals surface area (Å²) in [6.45, 7) is 11.1. The van der Waals surface area contributed by atoms with Gasteiger partial charge in [0, 0.05) is 57.3 Å². The summed E-state index contributed by atoms with van der Waals surface area (Å²) in [5.74, 6) is 1.22. The van der Waals surface area contributed by atoms with Crippen molar-refractivity contribution < 1.29 is 4.79 Å². The van der Waals surface area contributed by atoms with Crippen LogP contribution in [0.2, 0.25) is 0 Å². The molecule has 7 heteroatoms. The molecule has 2 N–H and O–H groups in total. The number of hydrogen-bond acceptors (Lipinski definition) is 3. The summed E-state index contributed by atoms with van der Waals surface area (Å²) < 4.78 is 0. The maximum absolute atomic E-state index is 12.1. The van der Waals surface area contributed by atoms with Crippen molar-refractivity contribution in [3.05, 3.63) is 35.9 Å². The zero-order valence-electron chi connectivity index (χ0n) is 19.3. The smallest absolute Gasteiger partial charge is 0.222 e. The maximum atomic E-state index is 12.1. The van der Waals surface area contributed by atoms with Gasteiger partial charge in [-0.05, 0) is 45.1 Å². The molecule has 3 unspecified atom stereocenters. The van der Waals surface area contributed by atoms with E-state index in [1.807, 2.05) is 0 Å². The zero-order chi connectivity index (χ0) is 21.3. The molecule has 0 spiro atoms. The first kappa shape index (κ1) is 25.9. The largest absolute Gasteiger partial charge is 0.357 e. The third-order valence-corrected chi connectivity index (χ3v) is 6.37. The van der Waals surface area contributed by atoms with Crippen LogP contribution in [0, 0.1) is 0 Å². The van der Waals surface area contributed by atoms with E-state index in [2.05, 4.69) is 71.5 Å². The average Bonchev–Trinajstić information content (AvgIpc) is 3.31. The number of halogens is 1. The molecule has 6 nitrogen and oxygen atoms in total. The number of nitrogens with one attached hydrogen (secondary N) is 2. The highest BCUT2D eigenvalue weighted by Crippen LogP contribution is 2.20. The van der Waals surface area contributed by atoms with Crippen molar-refractivity contribution in [3.8, 4) is 0 Å². The molecule has 2 aliphatic rings. The maximum Gasteiger partial charge on any atom is 0.222 e. The van der Waals surface area contributed by atoms with Crippen molar-refractivity contribution in [2.24, 2.45) is 4.99 Å². The summed E-state index contributed by atoms with van der Waals surface area (Å²) in [5, 5.41) is 7.05. The third kappa shape index (κ3) is 7.63. The predicted molar refractivity (Wildman–Crippen MR) is 139 cm³/mol. The molecule has 0 bridgehead atoms. The van der Waals surface area contributed by atoms with Gasteiger partial charge in [0.15, 0.2) is 5.96 Å². The Balaban J connectivity index is 0.00000341. The Hall–Kier alpha value is -1.35. The van der Waals surface area contributed by atoms with E-state index in [9.17, 15) is 4.79 Å². The normalized spacial score (nSPS) is 23.0. The average molecular weight is 542 g/mol. The van der Waals surface area contributed by atoms with E-state index in [4.69, 9.17) is 4.99 Å². The molecule has 31 heavy (non-hydrogen) atoms. The summed E-state index contributed by atoms with van der Waals surface area (Å²) in [6, 6.07) is 12.0. The van der Waals surface area contributed by atoms with Gasteiger partial charge in [-0.15, -0.1) is 24.0 Å². The molecule has 0 saturated carbocycles. The van der Waals surface area contributed by atoms with E-state index in [0.29, 0.717) is 30.5 Å². The molecule has 1 aromatic rings. The van der Waals surface area contributed by atoms with Gasteiger partial charge in [0.25, 0.3) is 0 Å². The van der Waals surface area contributed by atoms with Crippen LogP contribution in [0.15, 0.2) is 35.3 Å². The molecular formula is C24H40IN5O. The minimum Gasteiger partial charge on any atom is -0.357 e. The first-order chi connectivity index (χ1) is 14.6. The van der Waals surface area contributed by atoms with Crippen LogP contribution < -0.4 is 10.6 Å². The van der Waals surface area contributed by atoms with Gasteiger partial charge < -0.3 is 15.5 Å². The second-order valence-corrected chi connectivity index (χ2v) is 8.64. The van der Waals surface area contributed by atoms with Crippen molar-refractivity contribution in [2.75, 3.05) is 26.2 Å². The number of benzene rings is 1. The van der Waals surface area contributed by atoms with Crippen molar-refractivity contribution in [3.63, 3.8) is 0 Å². The van der Waals surface area contributed by atoms with E-state index in [0.717, 1.165) is 64.4 Å². The lowest BCUT2D eigenvalue weighted by Crippen LogP contribution is -2.44. The molecule has 1 aromatic carbocycles. The predicted octanol–water partition coefficient (Wildman–Crippen LogP) is 3.61. The van der Waals surface area contributed by atoms with Gasteiger partial charge in [-0.1, -0.05) is 37.3 Å². The fraction of sp³-hybridized carbons (Fsp3) is 0.667. The summed E-state index contributed by atoms with van der Waals surface area (Å²) in [5.41, 5.74) is 1.37. The lowest BCUT2D eigenvalue weighted by Gasteiger charge is -2.26. The van der Waals surface area contributed by atoms with Gasteiger partial charge in [-0.3, -0.25) is 14.7 Å². The molecule has 1 amide bonds. The number of nitrogens with zero attached hydrogens (tertiary/aromatic N) is 3. The standard InChI is InChI=1S/C24H39N5O.HI/c1-4-22(29-15-9-12-23(29)30)13-14-26-24(25-5-2)27-21-16-19(3)28(18-21)17-20-10-7-6-8-11-20;/h6-8,10-11,19,21-22H,4-5,9,12-18H2,1-3H3,(H2,25,26,27);1H. The Morgan fingerprint density at radius 1 is 1.26 bits per heavy atom. The number of aliphatic imine (C=N–C) groups is 1. The van der Waals surface area contributed by atoms with Gasteiger partial charge in [0.1, 0.15) is 0 Å². The van der Waals surface area contributed by atoms with Crippen molar-refractivity contribution >= 4 is 35.8 Å². The minimum atomic E-state index is 0. The number of amides is 1. The Morgan fingerprint density at radius 2 is 2.03 bits per heavy atom. The van der Waals surface area contributed by atoms with Crippen molar-refractivity contribution in [1.82, 2.24) is 20.4 Å². The Labute approximate surface area is 205 Å². The molecule has 2 aliphatic heterocycles. The number of carbonyl (C=O) groups excluding carboxylic acids is 1. The number of hydrogen-bond donors (Lipinski definition) is 2. The Kier molecular flexibility index (Phi) is 11.1. The second kappa shape index (κ2) is 13.3. The molecular weight excluding hydrogens is 501 g/mol. The van der Waals surface area contributed by atoms with Gasteiger partial charge in [0.2, 0.25) is 5.91 Å². The summed E-state index contributed by atoms with van der Waals surface area (Å²) in [7, 11) is 0. The van der Waals surface area contributed by atoms with E-state index in [1.54, 1.807) is 0 Å². The van der Waals surface area contributed by atoms with Gasteiger partial charge in [0.05, 0.1) is 0 Å². The first-order valence-electron chi connectivity index (χ1n) is 11.7. The highest BCUT2D eigenvalue weighted by molar-refractivity contribution is 14.0. The molecule has 3 rings (SSSR count). The number of rotatable bonds is 9. The Morgan fingerprint density at radius 3 is 2.68 bits per heavy atom. The fourth-order valence-electron chi connectivity index (χ4n) is 4.72. The van der Waals surface area contributed by atoms with E-state index < -0.39 is 0 Å². The van der Waals surface area contributed by atoms with Crippen LogP contribution >= 0.6 is 24.0 Å². The summed E-state index contributed by atoms with van der Waals surface area (Å²) in [6.07, 6.45) is 4.77. The summed E-state index contributed by atoms with van der Waals surface area (Å²) >= 11 is 0. The van der Waals surface area contributed by atoms with Crippen LogP contribution in [0.25, 0.3) is 0 Å². The summed E-state index contributed by atoms with van der Waals surface area (Å²) in [4.78, 5) is 21.5. The van der Waals surface area contributed by atoms with Crippen LogP contribution in [0.3, 0.4) is 0 Å². The van der Waals surface area contributed by atoms with Crippen LogP contribution in [-0.2, 0) is 11.3 Å². The molecule has 0 radical (unpaired) electrons. The van der Waals surface area contributed by atoms with Gasteiger partial charge in [-0.2, -0.15) is 0 Å². The second-order valence-electron chi connectivity index (χ2n) is 8.64. The monoisotopic (exact) mass is 541 g/mol. The van der Waals surface area contributed by atoms with Gasteiger partial charge in [-0.25, -0.2) is 0 Å². The topological polar surface area (TPSA) is 60.0 Å². The van der Waals surface area contributed by atoms with Crippen LogP contribution in [-0.4, -0.2) is 66.0 Å². The van der Waals surface area contributed by atoms with Crippen molar-refractivity contribution in [1.29, 1.82) is 0 Å². The lowest BCUT2D eigenvalue weighted by atomic mass is 10.1. The van der Waals surface area contributed by atoms with E-state index in [1.165, 1.54) is 5.56 Å². The number of carbonyl (C=O) groups is 1. The Bertz CT molecular complexity index is 698. The van der Waals surface area contributed by atoms with Crippen molar-refractivity contribution in [2.45, 2.75) is 77.5 Å². The van der Waals surface area contributed by atoms with Crippen LogP contribution in [0.1, 0.15) is 58.4 Å². The molecule has 0 aliphatic carbocycles. The molecule has 2 fully saturated rings. The zero-order valence-corrected chi connectivity index (χ0v) is 21.7. The molecule has 3 atom stereocenters. The molecule has 2 saturated heterocycles. The van der Waals surface area contributed by atoms with E-state index >= 15 is 0 Å². The fourth-order valence-corrected chi connectivity index (χ4v) is 4.72. The van der Waals surface area contributed by atoms with E-state index in [-0.39, 0.29) is 24.0 Å². The highest BCUT2D eigenvalue weighted by atomic mass is 127. The molecule has 2 heterocycles. The van der Waals surface area contributed by atoms with Gasteiger partial charge >= 0.3 is 0 Å². The quantitative estimate of drug-likeness (QED) is 0.285. The lowest BCUT2D eigenvalue weighted by molar-refractivity contribution is -0.129. The third-order valence-electron chi connectivity index (χ3n) is 6.37. The van der Waals surface area contributed by atoms with Crippen LogP contribution in [0.5, 0.6) is 0 Å². The number of likely N-dealkylation sites (tertiary alicyclic amines) is 2. The number of guanidine groups is 1.